The number of nitrogens with one attached hydrogen (secondary N) is 1. The van der Waals surface area contributed by atoms with Gasteiger partial charge in [-0.05, 0) is 46.8 Å². The van der Waals surface area contributed by atoms with E-state index in [1.165, 1.54) is 0 Å². The number of carbonyl (C=O) groups excluding carboxylic acids is 2. The third-order valence-corrected chi connectivity index (χ3v) is 4.12. The van der Waals surface area contributed by atoms with Crippen molar-refractivity contribution in [1.29, 1.82) is 0 Å². The van der Waals surface area contributed by atoms with Crippen molar-refractivity contribution in [3.63, 3.8) is 0 Å². The molecule has 0 spiro atoms. The number of aryl methyl sites for hydroxylation is 1. The lowest BCUT2D eigenvalue weighted by atomic mass is 10.2. The fraction of sp³-hybridized carbons (Fsp3) is 0.500. The Bertz CT molecular complexity index is 561. The Hall–Kier alpha value is -1.69. The van der Waals surface area contributed by atoms with Gasteiger partial charge >= 0.3 is 6.09 Å². The van der Waals surface area contributed by atoms with Gasteiger partial charge in [0.2, 0.25) is 0 Å². The number of Topliss-reactive ketones (excluding diaryl/α,β-unsaturated/α-hetero) is 1. The molecule has 0 fully saturated rings. The lowest BCUT2D eigenvalue weighted by Gasteiger charge is -2.21. The molecular weight excluding hydrogens is 302 g/mol. The lowest BCUT2D eigenvalue weighted by molar-refractivity contribution is -0.118. The molecule has 0 aliphatic rings. The molecule has 122 valence electrons. The van der Waals surface area contributed by atoms with Crippen LogP contribution in [0.15, 0.2) is 29.2 Å². The van der Waals surface area contributed by atoms with Crippen molar-refractivity contribution in [1.82, 2.24) is 5.32 Å². The van der Waals surface area contributed by atoms with Gasteiger partial charge in [0.05, 0.1) is 22.6 Å². The summed E-state index contributed by atoms with van der Waals surface area (Å²) in [7, 11) is -1.42. The first-order valence-corrected chi connectivity index (χ1v) is 8.37. The van der Waals surface area contributed by atoms with E-state index in [0.29, 0.717) is 4.90 Å². The number of benzene rings is 1. The van der Waals surface area contributed by atoms with Crippen LogP contribution >= 0.6 is 0 Å². The molecule has 0 bridgehead atoms. The molecule has 1 rings (SSSR count). The van der Waals surface area contributed by atoms with Gasteiger partial charge in [-0.3, -0.25) is 9.00 Å². The van der Waals surface area contributed by atoms with Crippen LogP contribution in [0, 0.1) is 6.92 Å². The molecule has 22 heavy (non-hydrogen) atoms. The average Bonchev–Trinajstić information content (AvgIpc) is 2.36. The molecule has 5 nitrogen and oxygen atoms in total. The maximum absolute atomic E-state index is 12.1. The molecule has 1 unspecified atom stereocenters. The van der Waals surface area contributed by atoms with Gasteiger partial charge in [-0.15, -0.1) is 0 Å². The van der Waals surface area contributed by atoms with Crippen LogP contribution < -0.4 is 5.32 Å². The van der Waals surface area contributed by atoms with Gasteiger partial charge in [0.15, 0.2) is 5.78 Å². The maximum Gasteiger partial charge on any atom is 0.408 e. The molecule has 0 radical (unpaired) electrons. The number of hydrogen-bond acceptors (Lipinski definition) is 4. The second kappa shape index (κ2) is 7.54. The zero-order valence-electron chi connectivity index (χ0n) is 13.6. The van der Waals surface area contributed by atoms with E-state index in [2.05, 4.69) is 5.32 Å². The number of amides is 1. The standard InChI is InChI=1S/C16H23NO4S/c1-11-6-8-13(9-7-11)22(20)10-14(18)12(2)17-15(19)21-16(3,4)5/h6-9,12H,10H2,1-5H3,(H,17,19)/t12-,22?/m0/s1. The van der Waals surface area contributed by atoms with Crippen LogP contribution in [0.3, 0.4) is 0 Å². The second-order valence-corrected chi connectivity index (χ2v) is 7.59. The Kier molecular flexibility index (Phi) is 6.29. The molecule has 0 saturated heterocycles. The normalized spacial score (nSPS) is 14.0. The largest absolute Gasteiger partial charge is 0.444 e. The van der Waals surface area contributed by atoms with Gasteiger partial charge in [0.1, 0.15) is 5.60 Å². The zero-order valence-corrected chi connectivity index (χ0v) is 14.5. The second-order valence-electron chi connectivity index (χ2n) is 6.14. The molecule has 1 aromatic rings. The monoisotopic (exact) mass is 325 g/mol. The molecule has 1 aromatic carbocycles. The molecule has 0 aliphatic heterocycles. The smallest absolute Gasteiger partial charge is 0.408 e. The van der Waals surface area contributed by atoms with Crippen molar-refractivity contribution >= 4 is 22.7 Å². The minimum atomic E-state index is -1.42. The summed E-state index contributed by atoms with van der Waals surface area (Å²) in [6.07, 6.45) is -0.658. The molecule has 0 aromatic heterocycles. The summed E-state index contributed by atoms with van der Waals surface area (Å²) in [6.45, 7) is 8.71. The van der Waals surface area contributed by atoms with Crippen LogP contribution in [0.4, 0.5) is 4.79 Å². The Morgan fingerprint density at radius 2 is 1.77 bits per heavy atom. The third-order valence-electron chi connectivity index (χ3n) is 2.77. The SMILES string of the molecule is Cc1ccc(S(=O)CC(=O)[C@H](C)NC(=O)OC(C)(C)C)cc1. The van der Waals surface area contributed by atoms with E-state index in [9.17, 15) is 13.8 Å². The molecule has 0 aliphatic carbocycles. The Morgan fingerprint density at radius 1 is 1.23 bits per heavy atom. The first kappa shape index (κ1) is 18.4. The number of ether oxygens (including phenoxy) is 1. The predicted octanol–water partition coefficient (Wildman–Crippen LogP) is 2.58. The number of carbonyl (C=O) groups is 2. The molecule has 2 atom stereocenters. The quantitative estimate of drug-likeness (QED) is 0.903. The van der Waals surface area contributed by atoms with Crippen LogP contribution in [-0.2, 0) is 20.3 Å². The predicted molar refractivity (Wildman–Crippen MR) is 86.3 cm³/mol. The van der Waals surface area contributed by atoms with Crippen LogP contribution in [0.1, 0.15) is 33.3 Å². The summed E-state index contributed by atoms with van der Waals surface area (Å²) in [5, 5.41) is 2.46. The van der Waals surface area contributed by atoms with E-state index >= 15 is 0 Å². The van der Waals surface area contributed by atoms with Crippen LogP contribution in [0.2, 0.25) is 0 Å². The summed E-state index contributed by atoms with van der Waals surface area (Å²) < 4.78 is 17.2. The van der Waals surface area contributed by atoms with Crippen LogP contribution in [0.5, 0.6) is 0 Å². The number of rotatable bonds is 5. The highest BCUT2D eigenvalue weighted by atomic mass is 32.2. The Labute approximate surface area is 133 Å². The minimum absolute atomic E-state index is 0.139. The number of hydrogen-bond donors (Lipinski definition) is 1. The number of ketones is 1. The van der Waals surface area contributed by atoms with Crippen molar-refractivity contribution in [2.24, 2.45) is 0 Å². The highest BCUT2D eigenvalue weighted by Gasteiger charge is 2.22. The van der Waals surface area contributed by atoms with Gasteiger partial charge in [0.25, 0.3) is 0 Å². The molecule has 0 heterocycles. The molecule has 0 saturated carbocycles. The van der Waals surface area contributed by atoms with E-state index in [4.69, 9.17) is 4.74 Å². The van der Waals surface area contributed by atoms with Gasteiger partial charge in [-0.25, -0.2) is 4.79 Å². The van der Waals surface area contributed by atoms with Gasteiger partial charge < -0.3 is 10.1 Å². The van der Waals surface area contributed by atoms with E-state index in [1.54, 1.807) is 39.8 Å². The summed E-state index contributed by atoms with van der Waals surface area (Å²) in [5.41, 5.74) is 0.435. The average molecular weight is 325 g/mol. The van der Waals surface area contributed by atoms with Crippen molar-refractivity contribution in [2.45, 2.75) is 51.2 Å². The van der Waals surface area contributed by atoms with Crippen molar-refractivity contribution in [3.05, 3.63) is 29.8 Å². The highest BCUT2D eigenvalue weighted by molar-refractivity contribution is 7.85. The molecular formula is C16H23NO4S. The van der Waals surface area contributed by atoms with Crippen molar-refractivity contribution in [2.75, 3.05) is 5.75 Å². The van der Waals surface area contributed by atoms with Gasteiger partial charge in [0, 0.05) is 4.90 Å². The first-order chi connectivity index (χ1) is 10.1. The lowest BCUT2D eigenvalue weighted by Crippen LogP contribution is -2.43. The zero-order chi connectivity index (χ0) is 16.9. The van der Waals surface area contributed by atoms with Crippen LogP contribution in [0.25, 0.3) is 0 Å². The minimum Gasteiger partial charge on any atom is -0.444 e. The molecule has 1 N–H and O–H groups in total. The maximum atomic E-state index is 12.1. The summed E-state index contributed by atoms with van der Waals surface area (Å²) in [6, 6.07) is 6.43. The van der Waals surface area contributed by atoms with Crippen molar-refractivity contribution in [3.8, 4) is 0 Å². The fourth-order valence-corrected chi connectivity index (χ4v) is 2.71. The van der Waals surface area contributed by atoms with Crippen molar-refractivity contribution < 1.29 is 18.5 Å². The first-order valence-electron chi connectivity index (χ1n) is 7.06. The summed E-state index contributed by atoms with van der Waals surface area (Å²) >= 11 is 0. The topological polar surface area (TPSA) is 72.5 Å². The van der Waals surface area contributed by atoms with Crippen LogP contribution in [-0.4, -0.2) is 33.5 Å². The molecule has 1 amide bonds. The molecule has 6 heteroatoms. The highest BCUT2D eigenvalue weighted by Crippen LogP contribution is 2.10. The summed E-state index contributed by atoms with van der Waals surface area (Å²) in [4.78, 5) is 24.2. The Morgan fingerprint density at radius 3 is 2.27 bits per heavy atom. The van der Waals surface area contributed by atoms with E-state index < -0.39 is 28.5 Å². The van der Waals surface area contributed by atoms with E-state index in [-0.39, 0.29) is 11.5 Å². The summed E-state index contributed by atoms with van der Waals surface area (Å²) in [5.74, 6) is -0.440. The Balaban J connectivity index is 2.55. The van der Waals surface area contributed by atoms with E-state index in [0.717, 1.165) is 5.56 Å². The third kappa shape index (κ3) is 6.39. The van der Waals surface area contributed by atoms with Gasteiger partial charge in [-0.1, -0.05) is 17.7 Å². The van der Waals surface area contributed by atoms with E-state index in [1.807, 2.05) is 19.1 Å². The number of alkyl carbamates (subject to hydrolysis) is 1. The fourth-order valence-electron chi connectivity index (χ4n) is 1.59. The van der Waals surface area contributed by atoms with Gasteiger partial charge in [-0.2, -0.15) is 0 Å².